The maximum Gasteiger partial charge on any atom is 0.183 e. The van der Waals surface area contributed by atoms with Crippen LogP contribution in [-0.2, 0) is 14.9 Å². The van der Waals surface area contributed by atoms with Crippen LogP contribution in [0, 0.1) is 0 Å². The van der Waals surface area contributed by atoms with Crippen molar-refractivity contribution < 1.29 is 9.47 Å². The van der Waals surface area contributed by atoms with Gasteiger partial charge in [-0.25, -0.2) is 4.98 Å². The molecule has 0 radical (unpaired) electrons. The number of nitrogens with one attached hydrogen (secondary N) is 1. The molecule has 0 bridgehead atoms. The van der Waals surface area contributed by atoms with Gasteiger partial charge in [0.1, 0.15) is 0 Å². The number of hydrogen-bond donors (Lipinski definition) is 1. The van der Waals surface area contributed by atoms with E-state index in [-0.39, 0.29) is 11.7 Å². The lowest BCUT2D eigenvalue weighted by molar-refractivity contribution is -0.0215. The van der Waals surface area contributed by atoms with E-state index < -0.39 is 0 Å². The SMILES string of the molecule is CC(C)(C)c1n[nH]c(SCC2OCCO2)n1. The Morgan fingerprint density at radius 1 is 1.38 bits per heavy atom. The first-order valence-electron chi connectivity index (χ1n) is 5.34. The number of thioether (sulfide) groups is 1. The van der Waals surface area contributed by atoms with Crippen LogP contribution < -0.4 is 0 Å². The van der Waals surface area contributed by atoms with E-state index >= 15 is 0 Å². The molecule has 1 saturated heterocycles. The molecule has 0 saturated carbocycles. The fraction of sp³-hybridized carbons (Fsp3) is 0.800. The molecular formula is C10H17N3O2S. The molecule has 0 atom stereocenters. The van der Waals surface area contributed by atoms with E-state index in [9.17, 15) is 0 Å². The maximum absolute atomic E-state index is 5.34. The number of H-pyrrole nitrogens is 1. The number of rotatable bonds is 3. The quantitative estimate of drug-likeness (QED) is 0.816. The first-order chi connectivity index (χ1) is 7.55. The zero-order valence-corrected chi connectivity index (χ0v) is 10.6. The molecule has 0 aromatic carbocycles. The molecule has 2 heterocycles. The summed E-state index contributed by atoms with van der Waals surface area (Å²) in [7, 11) is 0. The van der Waals surface area contributed by atoms with Crippen molar-refractivity contribution in [3.63, 3.8) is 0 Å². The highest BCUT2D eigenvalue weighted by molar-refractivity contribution is 7.99. The van der Waals surface area contributed by atoms with Gasteiger partial charge in [-0.2, -0.15) is 5.10 Å². The zero-order valence-electron chi connectivity index (χ0n) is 9.82. The van der Waals surface area contributed by atoms with Gasteiger partial charge in [0.25, 0.3) is 0 Å². The minimum Gasteiger partial charge on any atom is -0.349 e. The van der Waals surface area contributed by atoms with E-state index in [1.807, 2.05) is 0 Å². The Morgan fingerprint density at radius 3 is 2.62 bits per heavy atom. The number of hydrogen-bond acceptors (Lipinski definition) is 5. The van der Waals surface area contributed by atoms with Crippen LogP contribution in [0.15, 0.2) is 5.16 Å². The lowest BCUT2D eigenvalue weighted by atomic mass is 9.96. The molecule has 1 aliphatic heterocycles. The van der Waals surface area contributed by atoms with Crippen LogP contribution in [0.4, 0.5) is 0 Å². The summed E-state index contributed by atoms with van der Waals surface area (Å²) in [5.74, 6) is 1.59. The van der Waals surface area contributed by atoms with Gasteiger partial charge < -0.3 is 9.47 Å². The lowest BCUT2D eigenvalue weighted by Crippen LogP contribution is -2.13. The van der Waals surface area contributed by atoms with Crippen LogP contribution in [0.1, 0.15) is 26.6 Å². The Kier molecular flexibility index (Phi) is 3.51. The average Bonchev–Trinajstić information content (AvgIpc) is 2.85. The van der Waals surface area contributed by atoms with Crippen molar-refractivity contribution in [2.75, 3.05) is 19.0 Å². The molecule has 1 fully saturated rings. The van der Waals surface area contributed by atoms with Gasteiger partial charge >= 0.3 is 0 Å². The molecule has 0 unspecified atom stereocenters. The van der Waals surface area contributed by atoms with E-state index in [1.54, 1.807) is 11.8 Å². The summed E-state index contributed by atoms with van der Waals surface area (Å²) >= 11 is 1.58. The van der Waals surface area contributed by atoms with E-state index in [0.717, 1.165) is 16.7 Å². The second kappa shape index (κ2) is 4.73. The summed E-state index contributed by atoms with van der Waals surface area (Å²) in [6, 6.07) is 0. The van der Waals surface area contributed by atoms with Gasteiger partial charge in [-0.1, -0.05) is 32.5 Å². The Hall–Kier alpha value is -0.590. The predicted molar refractivity (Wildman–Crippen MR) is 61.5 cm³/mol. The number of aromatic nitrogens is 3. The number of ether oxygens (including phenoxy) is 2. The molecule has 1 N–H and O–H groups in total. The van der Waals surface area contributed by atoms with Crippen molar-refractivity contribution in [2.24, 2.45) is 0 Å². The van der Waals surface area contributed by atoms with Crippen LogP contribution in [0.2, 0.25) is 0 Å². The molecule has 1 aromatic rings. The average molecular weight is 243 g/mol. The highest BCUT2D eigenvalue weighted by Gasteiger charge is 2.21. The first-order valence-corrected chi connectivity index (χ1v) is 6.33. The van der Waals surface area contributed by atoms with Crippen molar-refractivity contribution in [1.82, 2.24) is 15.2 Å². The Labute approximate surface area is 99.3 Å². The summed E-state index contributed by atoms with van der Waals surface area (Å²) in [6.45, 7) is 7.65. The molecule has 90 valence electrons. The monoisotopic (exact) mass is 243 g/mol. The fourth-order valence-corrected chi connectivity index (χ4v) is 2.04. The normalized spacial score (nSPS) is 18.2. The standard InChI is InChI=1S/C10H17N3O2S/c1-10(2,3)8-11-9(13-12-8)16-6-7-14-4-5-15-7/h7H,4-6H2,1-3H3,(H,11,12,13). The topological polar surface area (TPSA) is 60.0 Å². The Balaban J connectivity index is 1.87. The molecule has 1 aliphatic rings. The third-order valence-corrected chi connectivity index (χ3v) is 3.08. The third kappa shape index (κ3) is 2.96. The molecule has 16 heavy (non-hydrogen) atoms. The molecule has 1 aromatic heterocycles. The Morgan fingerprint density at radius 2 is 2.06 bits per heavy atom. The molecule has 5 nitrogen and oxygen atoms in total. The summed E-state index contributed by atoms with van der Waals surface area (Å²) in [6.07, 6.45) is -0.104. The largest absolute Gasteiger partial charge is 0.349 e. The van der Waals surface area contributed by atoms with Gasteiger partial charge in [-0.05, 0) is 0 Å². The van der Waals surface area contributed by atoms with Crippen LogP contribution in [0.5, 0.6) is 0 Å². The van der Waals surface area contributed by atoms with Crippen LogP contribution in [0.3, 0.4) is 0 Å². The predicted octanol–water partition coefficient (Wildman–Crippen LogP) is 1.57. The van der Waals surface area contributed by atoms with Crippen molar-refractivity contribution >= 4 is 11.8 Å². The Bertz CT molecular complexity index is 342. The minimum atomic E-state index is -0.104. The van der Waals surface area contributed by atoms with Crippen LogP contribution >= 0.6 is 11.8 Å². The van der Waals surface area contributed by atoms with Crippen molar-refractivity contribution in [1.29, 1.82) is 0 Å². The van der Waals surface area contributed by atoms with E-state index in [1.165, 1.54) is 0 Å². The van der Waals surface area contributed by atoms with Crippen molar-refractivity contribution in [3.05, 3.63) is 5.82 Å². The van der Waals surface area contributed by atoms with Gasteiger partial charge in [-0.3, -0.25) is 5.10 Å². The minimum absolute atomic E-state index is 0.0182. The number of aromatic amines is 1. The molecule has 6 heteroatoms. The maximum atomic E-state index is 5.34. The second-order valence-corrected chi connectivity index (χ2v) is 5.71. The number of nitrogens with zero attached hydrogens (tertiary/aromatic N) is 2. The van der Waals surface area contributed by atoms with Gasteiger partial charge in [0, 0.05) is 5.41 Å². The van der Waals surface area contributed by atoms with E-state index in [0.29, 0.717) is 13.2 Å². The second-order valence-electron chi connectivity index (χ2n) is 4.70. The van der Waals surface area contributed by atoms with E-state index in [4.69, 9.17) is 9.47 Å². The molecule has 0 aliphatic carbocycles. The molecule has 0 spiro atoms. The van der Waals surface area contributed by atoms with Gasteiger partial charge in [-0.15, -0.1) is 0 Å². The van der Waals surface area contributed by atoms with Crippen molar-refractivity contribution in [2.45, 2.75) is 37.6 Å². The summed E-state index contributed by atoms with van der Waals surface area (Å²) in [5.41, 5.74) is -0.0182. The highest BCUT2D eigenvalue weighted by Crippen LogP contribution is 2.22. The summed E-state index contributed by atoms with van der Waals surface area (Å²) in [5, 5.41) is 7.94. The van der Waals surface area contributed by atoms with Gasteiger partial charge in [0.2, 0.25) is 0 Å². The highest BCUT2D eigenvalue weighted by atomic mass is 32.2. The third-order valence-electron chi connectivity index (χ3n) is 2.18. The summed E-state index contributed by atoms with van der Waals surface area (Å²) < 4.78 is 10.7. The first kappa shape index (κ1) is 11.9. The molecular weight excluding hydrogens is 226 g/mol. The van der Waals surface area contributed by atoms with Gasteiger partial charge in [0.05, 0.1) is 19.0 Å². The summed E-state index contributed by atoms with van der Waals surface area (Å²) in [4.78, 5) is 4.43. The van der Waals surface area contributed by atoms with Crippen molar-refractivity contribution in [3.8, 4) is 0 Å². The van der Waals surface area contributed by atoms with Gasteiger partial charge in [0.15, 0.2) is 17.3 Å². The zero-order chi connectivity index (χ0) is 11.6. The van der Waals surface area contributed by atoms with Crippen LogP contribution in [0.25, 0.3) is 0 Å². The molecule has 0 amide bonds. The van der Waals surface area contributed by atoms with Crippen LogP contribution in [-0.4, -0.2) is 40.4 Å². The lowest BCUT2D eigenvalue weighted by Gasteiger charge is -2.11. The fourth-order valence-electron chi connectivity index (χ4n) is 1.30. The smallest absolute Gasteiger partial charge is 0.183 e. The van der Waals surface area contributed by atoms with E-state index in [2.05, 4.69) is 36.0 Å². The molecule has 2 rings (SSSR count).